The zero-order valence-electron chi connectivity index (χ0n) is 17.3. The quantitative estimate of drug-likeness (QED) is 0.650. The monoisotopic (exact) mass is 440 g/mol. The maximum absolute atomic E-state index is 12.7. The summed E-state index contributed by atoms with van der Waals surface area (Å²) in [5.41, 5.74) is 2.33. The Bertz CT molecular complexity index is 856. The van der Waals surface area contributed by atoms with Gasteiger partial charge in [0.15, 0.2) is 0 Å². The molecule has 9 heteroatoms. The fourth-order valence-electron chi connectivity index (χ4n) is 3.53. The Balaban J connectivity index is 2.16. The van der Waals surface area contributed by atoms with Crippen LogP contribution in [0.4, 0.5) is 10.5 Å². The first-order valence-corrected chi connectivity index (χ1v) is 11.7. The number of benzene rings is 1. The zero-order chi connectivity index (χ0) is 21.8. The third kappa shape index (κ3) is 6.08. The number of sulfonamides is 1. The van der Waals surface area contributed by atoms with E-state index >= 15 is 0 Å². The number of hydrogen-bond acceptors (Lipinski definition) is 5. The number of urea groups is 1. The predicted molar refractivity (Wildman–Crippen MR) is 116 cm³/mol. The molecule has 0 aliphatic carbocycles. The third-order valence-corrected chi connectivity index (χ3v) is 7.19. The summed E-state index contributed by atoms with van der Waals surface area (Å²) < 4.78 is 27.5. The van der Waals surface area contributed by atoms with Crippen LogP contribution in [0.1, 0.15) is 63.5 Å². The number of piperidine rings is 1. The van der Waals surface area contributed by atoms with Crippen molar-refractivity contribution >= 4 is 33.3 Å². The molecule has 0 radical (unpaired) electrons. The summed E-state index contributed by atoms with van der Waals surface area (Å²) in [6.07, 6.45) is 0.777. The third-order valence-electron chi connectivity index (χ3n) is 5.15. The number of halogens is 1. The summed E-state index contributed by atoms with van der Waals surface area (Å²) in [5.74, 6) is 0.199. The topological polar surface area (TPSA) is 102 Å². The number of anilines is 1. The van der Waals surface area contributed by atoms with E-state index in [-0.39, 0.29) is 18.4 Å². The SMILES string of the molecule is CC(C)c1cc(Cl)cc(C(C)C)c1NC(=O)NS(=O)(=O)C1CCN(CC#N)CC1. The molecule has 0 aromatic heterocycles. The molecule has 0 bridgehead atoms. The Labute approximate surface area is 178 Å². The highest BCUT2D eigenvalue weighted by atomic mass is 35.5. The second-order valence-corrected chi connectivity index (χ2v) is 10.4. The van der Waals surface area contributed by atoms with Gasteiger partial charge in [0, 0.05) is 23.8 Å². The predicted octanol–water partition coefficient (Wildman–Crippen LogP) is 4.03. The van der Waals surface area contributed by atoms with Gasteiger partial charge in [-0.25, -0.2) is 17.9 Å². The minimum Gasteiger partial charge on any atom is -0.307 e. The van der Waals surface area contributed by atoms with E-state index < -0.39 is 21.3 Å². The van der Waals surface area contributed by atoms with Crippen LogP contribution in [0.2, 0.25) is 5.02 Å². The summed E-state index contributed by atoms with van der Waals surface area (Å²) in [6.45, 7) is 9.29. The molecule has 0 saturated carbocycles. The number of likely N-dealkylation sites (tertiary alicyclic amines) is 1. The van der Waals surface area contributed by atoms with E-state index in [2.05, 4.69) is 16.1 Å². The van der Waals surface area contributed by atoms with Gasteiger partial charge in [0.25, 0.3) is 0 Å². The van der Waals surface area contributed by atoms with Crippen LogP contribution in [0.5, 0.6) is 0 Å². The molecule has 1 heterocycles. The summed E-state index contributed by atoms with van der Waals surface area (Å²) in [7, 11) is -3.81. The fraction of sp³-hybridized carbons (Fsp3) is 0.600. The molecule has 2 N–H and O–H groups in total. The second-order valence-electron chi connectivity index (χ2n) is 8.00. The van der Waals surface area contributed by atoms with Gasteiger partial charge >= 0.3 is 6.03 Å². The number of rotatable bonds is 6. The molecule has 1 aliphatic heterocycles. The molecular formula is C20H29ClN4O3S. The standard InChI is InChI=1S/C20H29ClN4O3S/c1-13(2)17-11-15(21)12-18(14(3)4)19(17)23-20(26)24-29(27,28)16-5-8-25(9-6-16)10-7-22/h11-14,16H,5-6,8-10H2,1-4H3,(H2,23,24,26). The van der Waals surface area contributed by atoms with Crippen LogP contribution in [0.15, 0.2) is 12.1 Å². The summed E-state index contributed by atoms with van der Waals surface area (Å²) in [5, 5.41) is 11.4. The van der Waals surface area contributed by atoms with Crippen molar-refractivity contribution < 1.29 is 13.2 Å². The molecule has 1 aliphatic rings. The van der Waals surface area contributed by atoms with Gasteiger partial charge in [-0.05, 0) is 47.9 Å². The number of amides is 2. The van der Waals surface area contributed by atoms with Crippen LogP contribution in [0.3, 0.4) is 0 Å². The van der Waals surface area contributed by atoms with Crippen molar-refractivity contribution in [3.63, 3.8) is 0 Å². The maximum Gasteiger partial charge on any atom is 0.332 e. The van der Waals surface area contributed by atoms with Crippen molar-refractivity contribution in [2.75, 3.05) is 25.0 Å². The maximum atomic E-state index is 12.7. The Morgan fingerprint density at radius 1 is 1.21 bits per heavy atom. The molecule has 7 nitrogen and oxygen atoms in total. The van der Waals surface area contributed by atoms with E-state index in [1.807, 2.05) is 32.6 Å². The smallest absolute Gasteiger partial charge is 0.307 e. The Kier molecular flexibility index (Phi) is 7.92. The summed E-state index contributed by atoms with van der Waals surface area (Å²) >= 11 is 6.24. The van der Waals surface area contributed by atoms with Gasteiger partial charge in [0.1, 0.15) is 0 Å². The first kappa shape index (κ1) is 23.5. The molecule has 2 rings (SSSR count). The first-order valence-electron chi connectivity index (χ1n) is 9.80. The van der Waals surface area contributed by atoms with Crippen molar-refractivity contribution in [1.82, 2.24) is 9.62 Å². The lowest BCUT2D eigenvalue weighted by Gasteiger charge is -2.29. The minimum absolute atomic E-state index is 0.0996. The number of carbonyl (C=O) groups is 1. The molecule has 2 amide bonds. The van der Waals surface area contributed by atoms with Gasteiger partial charge in [0.05, 0.1) is 17.9 Å². The second kappa shape index (κ2) is 9.79. The van der Waals surface area contributed by atoms with Crippen LogP contribution < -0.4 is 10.0 Å². The normalized spacial score (nSPS) is 16.1. The fourth-order valence-corrected chi connectivity index (χ4v) is 5.08. The van der Waals surface area contributed by atoms with Crippen LogP contribution in [0, 0.1) is 11.3 Å². The van der Waals surface area contributed by atoms with E-state index in [0.717, 1.165) is 11.1 Å². The molecular weight excluding hydrogens is 412 g/mol. The van der Waals surface area contributed by atoms with E-state index in [1.165, 1.54) is 0 Å². The van der Waals surface area contributed by atoms with Crippen molar-refractivity contribution in [2.24, 2.45) is 0 Å². The molecule has 1 fully saturated rings. The number of nitrogens with zero attached hydrogens (tertiary/aromatic N) is 2. The van der Waals surface area contributed by atoms with Gasteiger partial charge in [-0.3, -0.25) is 4.90 Å². The molecule has 29 heavy (non-hydrogen) atoms. The lowest BCUT2D eigenvalue weighted by molar-refractivity contribution is 0.251. The van der Waals surface area contributed by atoms with Gasteiger partial charge in [-0.15, -0.1) is 0 Å². The highest BCUT2D eigenvalue weighted by Gasteiger charge is 2.31. The minimum atomic E-state index is -3.81. The average molecular weight is 441 g/mol. The number of nitriles is 1. The molecule has 1 aromatic rings. The average Bonchev–Trinajstić information content (AvgIpc) is 2.62. The van der Waals surface area contributed by atoms with E-state index in [0.29, 0.717) is 36.6 Å². The lowest BCUT2D eigenvalue weighted by atomic mass is 9.92. The van der Waals surface area contributed by atoms with Crippen LogP contribution >= 0.6 is 11.6 Å². The summed E-state index contributed by atoms with van der Waals surface area (Å²) in [6, 6.07) is 4.90. The number of nitrogens with one attached hydrogen (secondary N) is 2. The van der Waals surface area contributed by atoms with Gasteiger partial charge in [0.2, 0.25) is 10.0 Å². The first-order chi connectivity index (χ1) is 13.5. The number of carbonyl (C=O) groups excluding carboxylic acids is 1. The molecule has 1 saturated heterocycles. The summed E-state index contributed by atoms with van der Waals surface area (Å²) in [4.78, 5) is 14.5. The molecule has 0 spiro atoms. The van der Waals surface area contributed by atoms with Crippen molar-refractivity contribution in [3.8, 4) is 6.07 Å². The van der Waals surface area contributed by atoms with Gasteiger partial charge < -0.3 is 5.32 Å². The van der Waals surface area contributed by atoms with E-state index in [1.54, 1.807) is 12.1 Å². The van der Waals surface area contributed by atoms with Crippen molar-refractivity contribution in [2.45, 2.75) is 57.6 Å². The Morgan fingerprint density at radius 2 is 1.72 bits per heavy atom. The molecule has 0 unspecified atom stereocenters. The highest BCUT2D eigenvalue weighted by molar-refractivity contribution is 7.90. The van der Waals surface area contributed by atoms with E-state index in [4.69, 9.17) is 16.9 Å². The van der Waals surface area contributed by atoms with Gasteiger partial charge in [-0.2, -0.15) is 5.26 Å². The molecule has 1 aromatic carbocycles. The van der Waals surface area contributed by atoms with Crippen molar-refractivity contribution in [1.29, 1.82) is 5.26 Å². The zero-order valence-corrected chi connectivity index (χ0v) is 18.9. The van der Waals surface area contributed by atoms with Crippen LogP contribution in [0.25, 0.3) is 0 Å². The van der Waals surface area contributed by atoms with Gasteiger partial charge in [-0.1, -0.05) is 39.3 Å². The van der Waals surface area contributed by atoms with Crippen LogP contribution in [-0.2, 0) is 10.0 Å². The largest absolute Gasteiger partial charge is 0.332 e. The number of hydrogen-bond donors (Lipinski definition) is 2. The highest BCUT2D eigenvalue weighted by Crippen LogP contribution is 2.35. The van der Waals surface area contributed by atoms with E-state index in [9.17, 15) is 13.2 Å². The van der Waals surface area contributed by atoms with Crippen LogP contribution in [-0.4, -0.2) is 44.2 Å². The molecule has 0 atom stereocenters. The van der Waals surface area contributed by atoms with Crippen molar-refractivity contribution in [3.05, 3.63) is 28.3 Å². The molecule has 160 valence electrons. The Hall–Kier alpha value is -1.82. The lowest BCUT2D eigenvalue weighted by Crippen LogP contribution is -2.46. The Morgan fingerprint density at radius 3 is 2.17 bits per heavy atom.